The van der Waals surface area contributed by atoms with E-state index in [0.717, 1.165) is 24.0 Å². The number of nitrogens with one attached hydrogen (secondary N) is 1. The van der Waals surface area contributed by atoms with E-state index in [1.54, 1.807) is 6.07 Å². The average Bonchev–Trinajstić information content (AvgIpc) is 2.20. The molecule has 0 spiro atoms. The van der Waals surface area contributed by atoms with Crippen molar-refractivity contribution in [2.75, 3.05) is 25.1 Å². The van der Waals surface area contributed by atoms with Crippen LogP contribution in [0.15, 0.2) is 22.7 Å². The predicted octanol–water partition coefficient (Wildman–Crippen LogP) is 3.43. The lowest BCUT2D eigenvalue weighted by molar-refractivity contribution is 0.147. The SMILES string of the molecule is CCOCCCNc1ccc(Br)cc1F. The summed E-state index contributed by atoms with van der Waals surface area (Å²) in [5.74, 6) is -0.235. The van der Waals surface area contributed by atoms with Gasteiger partial charge in [0.1, 0.15) is 5.82 Å². The van der Waals surface area contributed by atoms with Gasteiger partial charge in [0, 0.05) is 24.2 Å². The van der Waals surface area contributed by atoms with Crippen LogP contribution in [0.1, 0.15) is 13.3 Å². The fourth-order valence-corrected chi connectivity index (χ4v) is 1.51. The molecular weight excluding hydrogens is 261 g/mol. The number of halogens is 2. The van der Waals surface area contributed by atoms with Crippen molar-refractivity contribution in [3.05, 3.63) is 28.5 Å². The van der Waals surface area contributed by atoms with Crippen molar-refractivity contribution in [3.8, 4) is 0 Å². The molecule has 1 aromatic carbocycles. The lowest BCUT2D eigenvalue weighted by Gasteiger charge is -2.07. The molecule has 0 aliphatic heterocycles. The molecule has 1 aromatic rings. The molecule has 4 heteroatoms. The van der Waals surface area contributed by atoms with Gasteiger partial charge in [-0.15, -0.1) is 0 Å². The molecule has 0 amide bonds. The van der Waals surface area contributed by atoms with Gasteiger partial charge in [0.15, 0.2) is 0 Å². The third-order valence-electron chi connectivity index (χ3n) is 1.92. The van der Waals surface area contributed by atoms with Crippen molar-refractivity contribution in [2.24, 2.45) is 0 Å². The lowest BCUT2D eigenvalue weighted by atomic mass is 10.3. The Balaban J connectivity index is 2.31. The van der Waals surface area contributed by atoms with Crippen LogP contribution in [-0.4, -0.2) is 19.8 Å². The number of rotatable bonds is 6. The Morgan fingerprint density at radius 2 is 2.27 bits per heavy atom. The van der Waals surface area contributed by atoms with E-state index in [2.05, 4.69) is 21.2 Å². The zero-order chi connectivity index (χ0) is 11.1. The highest BCUT2D eigenvalue weighted by Gasteiger charge is 2.00. The monoisotopic (exact) mass is 275 g/mol. The van der Waals surface area contributed by atoms with Crippen LogP contribution in [-0.2, 0) is 4.74 Å². The van der Waals surface area contributed by atoms with Crippen LogP contribution in [0.2, 0.25) is 0 Å². The second-order valence-electron chi connectivity index (χ2n) is 3.10. The van der Waals surface area contributed by atoms with Gasteiger partial charge in [-0.25, -0.2) is 4.39 Å². The smallest absolute Gasteiger partial charge is 0.147 e. The van der Waals surface area contributed by atoms with Crippen LogP contribution < -0.4 is 5.32 Å². The molecule has 0 saturated heterocycles. The van der Waals surface area contributed by atoms with Crippen molar-refractivity contribution in [1.82, 2.24) is 0 Å². The van der Waals surface area contributed by atoms with Gasteiger partial charge < -0.3 is 10.1 Å². The molecule has 2 nitrogen and oxygen atoms in total. The second kappa shape index (κ2) is 6.80. The molecule has 0 bridgehead atoms. The molecule has 0 fully saturated rings. The van der Waals surface area contributed by atoms with Gasteiger partial charge in [0.2, 0.25) is 0 Å². The van der Waals surface area contributed by atoms with Gasteiger partial charge >= 0.3 is 0 Å². The number of hydrogen-bond donors (Lipinski definition) is 1. The topological polar surface area (TPSA) is 21.3 Å². The van der Waals surface area contributed by atoms with E-state index in [-0.39, 0.29) is 5.82 Å². The molecular formula is C11H15BrFNO. The summed E-state index contributed by atoms with van der Waals surface area (Å²) in [5, 5.41) is 3.02. The Hall–Kier alpha value is -0.610. The third kappa shape index (κ3) is 4.62. The summed E-state index contributed by atoms with van der Waals surface area (Å²) in [6.07, 6.45) is 0.878. The Morgan fingerprint density at radius 3 is 2.93 bits per heavy atom. The minimum Gasteiger partial charge on any atom is -0.383 e. The quantitative estimate of drug-likeness (QED) is 0.804. The van der Waals surface area contributed by atoms with Crippen molar-refractivity contribution in [1.29, 1.82) is 0 Å². The summed E-state index contributed by atoms with van der Waals surface area (Å²) in [4.78, 5) is 0. The summed E-state index contributed by atoms with van der Waals surface area (Å²) in [6, 6.07) is 4.99. The minimum atomic E-state index is -0.235. The summed E-state index contributed by atoms with van der Waals surface area (Å²) < 4.78 is 19.2. The highest BCUT2D eigenvalue weighted by molar-refractivity contribution is 9.10. The second-order valence-corrected chi connectivity index (χ2v) is 4.02. The van der Waals surface area contributed by atoms with E-state index in [0.29, 0.717) is 12.3 Å². The molecule has 0 radical (unpaired) electrons. The first-order valence-corrected chi connectivity index (χ1v) is 5.80. The molecule has 15 heavy (non-hydrogen) atoms. The first kappa shape index (κ1) is 12.5. The number of benzene rings is 1. The zero-order valence-electron chi connectivity index (χ0n) is 8.72. The normalized spacial score (nSPS) is 10.3. The Labute approximate surface area is 98.0 Å². The van der Waals surface area contributed by atoms with Crippen LogP contribution in [0, 0.1) is 5.82 Å². The first-order valence-electron chi connectivity index (χ1n) is 5.00. The molecule has 84 valence electrons. The fraction of sp³-hybridized carbons (Fsp3) is 0.455. The highest BCUT2D eigenvalue weighted by atomic mass is 79.9. The van der Waals surface area contributed by atoms with Crippen LogP contribution in [0.4, 0.5) is 10.1 Å². The summed E-state index contributed by atoms with van der Waals surface area (Å²) in [6.45, 7) is 4.12. The number of ether oxygens (including phenoxy) is 1. The molecule has 0 atom stereocenters. The maximum absolute atomic E-state index is 13.3. The van der Waals surface area contributed by atoms with E-state index in [1.165, 1.54) is 6.07 Å². The molecule has 1 rings (SSSR count). The largest absolute Gasteiger partial charge is 0.383 e. The van der Waals surface area contributed by atoms with E-state index in [1.807, 2.05) is 13.0 Å². The Morgan fingerprint density at radius 1 is 1.47 bits per heavy atom. The first-order chi connectivity index (χ1) is 7.24. The van der Waals surface area contributed by atoms with Gasteiger partial charge in [-0.1, -0.05) is 15.9 Å². The highest BCUT2D eigenvalue weighted by Crippen LogP contribution is 2.19. The van der Waals surface area contributed by atoms with Gasteiger partial charge in [-0.2, -0.15) is 0 Å². The predicted molar refractivity (Wildman–Crippen MR) is 63.7 cm³/mol. The van der Waals surface area contributed by atoms with Gasteiger partial charge in [-0.05, 0) is 31.5 Å². The Kier molecular flexibility index (Phi) is 5.65. The van der Waals surface area contributed by atoms with Crippen LogP contribution in [0.25, 0.3) is 0 Å². The lowest BCUT2D eigenvalue weighted by Crippen LogP contribution is -2.06. The van der Waals surface area contributed by atoms with Crippen molar-refractivity contribution < 1.29 is 9.13 Å². The molecule has 0 aliphatic rings. The third-order valence-corrected chi connectivity index (χ3v) is 2.41. The zero-order valence-corrected chi connectivity index (χ0v) is 10.3. The molecule has 0 saturated carbocycles. The van der Waals surface area contributed by atoms with Gasteiger partial charge in [0.25, 0.3) is 0 Å². The van der Waals surface area contributed by atoms with E-state index in [4.69, 9.17) is 4.74 Å². The van der Waals surface area contributed by atoms with Crippen LogP contribution >= 0.6 is 15.9 Å². The minimum absolute atomic E-state index is 0.235. The van der Waals surface area contributed by atoms with Gasteiger partial charge in [0.05, 0.1) is 5.69 Å². The number of anilines is 1. The maximum Gasteiger partial charge on any atom is 0.147 e. The summed E-state index contributed by atoms with van der Waals surface area (Å²) in [7, 11) is 0. The van der Waals surface area contributed by atoms with E-state index in [9.17, 15) is 4.39 Å². The molecule has 0 heterocycles. The standard InChI is InChI=1S/C11H15BrFNO/c1-2-15-7-3-6-14-11-5-4-9(12)8-10(11)13/h4-5,8,14H,2-3,6-7H2,1H3. The average molecular weight is 276 g/mol. The molecule has 1 N–H and O–H groups in total. The van der Waals surface area contributed by atoms with E-state index >= 15 is 0 Å². The van der Waals surface area contributed by atoms with Gasteiger partial charge in [-0.3, -0.25) is 0 Å². The molecule has 0 unspecified atom stereocenters. The fourth-order valence-electron chi connectivity index (χ4n) is 1.17. The summed E-state index contributed by atoms with van der Waals surface area (Å²) in [5.41, 5.74) is 0.537. The van der Waals surface area contributed by atoms with Crippen molar-refractivity contribution in [2.45, 2.75) is 13.3 Å². The Bertz CT molecular complexity index is 307. The maximum atomic E-state index is 13.3. The van der Waals surface area contributed by atoms with Crippen LogP contribution in [0.5, 0.6) is 0 Å². The number of hydrogen-bond acceptors (Lipinski definition) is 2. The van der Waals surface area contributed by atoms with Crippen LogP contribution in [0.3, 0.4) is 0 Å². The van der Waals surface area contributed by atoms with Crippen molar-refractivity contribution in [3.63, 3.8) is 0 Å². The van der Waals surface area contributed by atoms with Crippen molar-refractivity contribution >= 4 is 21.6 Å². The molecule has 0 aliphatic carbocycles. The molecule has 0 aromatic heterocycles. The summed E-state index contributed by atoms with van der Waals surface area (Å²) >= 11 is 3.21. The van der Waals surface area contributed by atoms with E-state index < -0.39 is 0 Å².